The van der Waals surface area contributed by atoms with Gasteiger partial charge in [0, 0.05) is 36.8 Å². The predicted molar refractivity (Wildman–Crippen MR) is 82.0 cm³/mol. The molecule has 0 bridgehead atoms. The number of hydrogen-bond donors (Lipinski definition) is 1. The van der Waals surface area contributed by atoms with Crippen molar-refractivity contribution in [3.05, 3.63) is 47.2 Å². The van der Waals surface area contributed by atoms with E-state index in [1.165, 1.54) is 0 Å². The molecule has 0 aromatic carbocycles. The summed E-state index contributed by atoms with van der Waals surface area (Å²) in [6.45, 7) is 7.17. The Balaban J connectivity index is 2.34. The number of anilines is 1. The summed E-state index contributed by atoms with van der Waals surface area (Å²) in [5.41, 5.74) is 3.23. The molecule has 0 aliphatic heterocycles. The van der Waals surface area contributed by atoms with E-state index in [9.17, 15) is 0 Å². The number of hydrogen-bond acceptors (Lipinski definition) is 4. The summed E-state index contributed by atoms with van der Waals surface area (Å²) in [4.78, 5) is 13.7. The average molecular weight is 270 g/mol. The number of rotatable bonds is 6. The first-order valence-corrected chi connectivity index (χ1v) is 7.24. The van der Waals surface area contributed by atoms with E-state index in [1.807, 2.05) is 24.4 Å². The van der Waals surface area contributed by atoms with Gasteiger partial charge in [-0.05, 0) is 32.4 Å². The first-order chi connectivity index (χ1) is 9.74. The Kier molecular flexibility index (Phi) is 5.04. The molecule has 0 spiro atoms. The van der Waals surface area contributed by atoms with E-state index in [0.717, 1.165) is 54.4 Å². The molecule has 0 saturated heterocycles. The first kappa shape index (κ1) is 14.4. The highest BCUT2D eigenvalue weighted by Gasteiger charge is 2.11. The molecule has 20 heavy (non-hydrogen) atoms. The van der Waals surface area contributed by atoms with E-state index >= 15 is 0 Å². The minimum absolute atomic E-state index is 0.754. The molecule has 0 atom stereocenters. The van der Waals surface area contributed by atoms with Gasteiger partial charge in [0.2, 0.25) is 0 Å². The molecule has 1 N–H and O–H groups in total. The molecule has 0 unspecified atom stereocenters. The summed E-state index contributed by atoms with van der Waals surface area (Å²) in [6, 6.07) is 5.98. The number of aryl methyl sites for hydroxylation is 1. The SMILES string of the molecule is CCCc1nc(Cc2ccccn2)c(C)c(NCC)n1. The average Bonchev–Trinajstić information content (AvgIpc) is 2.45. The Morgan fingerprint density at radius 3 is 2.65 bits per heavy atom. The molecular formula is C16H22N4. The van der Waals surface area contributed by atoms with E-state index in [0.29, 0.717) is 0 Å². The Labute approximate surface area is 120 Å². The fourth-order valence-corrected chi connectivity index (χ4v) is 2.14. The second-order valence-electron chi connectivity index (χ2n) is 4.84. The number of nitrogens with one attached hydrogen (secondary N) is 1. The van der Waals surface area contributed by atoms with Crippen molar-refractivity contribution in [2.45, 2.75) is 40.0 Å². The smallest absolute Gasteiger partial charge is 0.132 e. The second kappa shape index (κ2) is 6.98. The van der Waals surface area contributed by atoms with E-state index < -0.39 is 0 Å². The van der Waals surface area contributed by atoms with E-state index in [-0.39, 0.29) is 0 Å². The Morgan fingerprint density at radius 1 is 1.15 bits per heavy atom. The van der Waals surface area contributed by atoms with Gasteiger partial charge in [-0.25, -0.2) is 9.97 Å². The van der Waals surface area contributed by atoms with Gasteiger partial charge in [0.25, 0.3) is 0 Å². The van der Waals surface area contributed by atoms with E-state index in [4.69, 9.17) is 4.98 Å². The molecule has 2 aromatic rings. The van der Waals surface area contributed by atoms with Crippen molar-refractivity contribution in [3.8, 4) is 0 Å². The highest BCUT2D eigenvalue weighted by Crippen LogP contribution is 2.18. The molecule has 4 nitrogen and oxygen atoms in total. The lowest BCUT2D eigenvalue weighted by molar-refractivity contribution is 0.808. The quantitative estimate of drug-likeness (QED) is 0.876. The van der Waals surface area contributed by atoms with Gasteiger partial charge in [-0.3, -0.25) is 4.98 Å². The van der Waals surface area contributed by atoms with Crippen LogP contribution in [0, 0.1) is 6.92 Å². The molecule has 0 fully saturated rings. The molecular weight excluding hydrogens is 248 g/mol. The fourth-order valence-electron chi connectivity index (χ4n) is 2.14. The molecule has 0 amide bonds. The monoisotopic (exact) mass is 270 g/mol. The third-order valence-corrected chi connectivity index (χ3v) is 3.19. The molecule has 0 saturated carbocycles. The maximum Gasteiger partial charge on any atom is 0.132 e. The maximum atomic E-state index is 4.71. The van der Waals surface area contributed by atoms with Crippen molar-refractivity contribution in [1.29, 1.82) is 0 Å². The third-order valence-electron chi connectivity index (χ3n) is 3.19. The topological polar surface area (TPSA) is 50.7 Å². The van der Waals surface area contributed by atoms with Gasteiger partial charge in [-0.15, -0.1) is 0 Å². The van der Waals surface area contributed by atoms with Crippen LogP contribution in [0.1, 0.15) is 43.0 Å². The maximum absolute atomic E-state index is 4.71. The van der Waals surface area contributed by atoms with Crippen LogP contribution in [0.4, 0.5) is 5.82 Å². The summed E-state index contributed by atoms with van der Waals surface area (Å²) in [5.74, 6) is 1.87. The lowest BCUT2D eigenvalue weighted by atomic mass is 10.1. The van der Waals surface area contributed by atoms with Gasteiger partial charge in [-0.2, -0.15) is 0 Å². The highest BCUT2D eigenvalue weighted by molar-refractivity contribution is 5.46. The highest BCUT2D eigenvalue weighted by atomic mass is 15.0. The fraction of sp³-hybridized carbons (Fsp3) is 0.438. The number of pyridine rings is 1. The van der Waals surface area contributed by atoms with Crippen LogP contribution in [-0.2, 0) is 12.8 Å². The zero-order valence-corrected chi connectivity index (χ0v) is 12.5. The lowest BCUT2D eigenvalue weighted by Crippen LogP contribution is -2.10. The lowest BCUT2D eigenvalue weighted by Gasteiger charge is -2.13. The predicted octanol–water partition coefficient (Wildman–Crippen LogP) is 3.16. The van der Waals surface area contributed by atoms with Crippen molar-refractivity contribution >= 4 is 5.82 Å². The van der Waals surface area contributed by atoms with Crippen molar-refractivity contribution in [1.82, 2.24) is 15.0 Å². The molecule has 106 valence electrons. The molecule has 0 aliphatic carbocycles. The van der Waals surface area contributed by atoms with Crippen LogP contribution < -0.4 is 5.32 Å². The number of aromatic nitrogens is 3. The largest absolute Gasteiger partial charge is 0.370 e. The van der Waals surface area contributed by atoms with Gasteiger partial charge in [0.15, 0.2) is 0 Å². The van der Waals surface area contributed by atoms with Crippen molar-refractivity contribution in [2.24, 2.45) is 0 Å². The minimum Gasteiger partial charge on any atom is -0.370 e. The normalized spacial score (nSPS) is 10.6. The minimum atomic E-state index is 0.754. The molecule has 4 heteroatoms. The molecule has 0 aliphatic rings. The first-order valence-electron chi connectivity index (χ1n) is 7.24. The Bertz CT molecular complexity index is 552. The van der Waals surface area contributed by atoms with Gasteiger partial charge in [0.05, 0.1) is 5.69 Å². The molecule has 2 aromatic heterocycles. The van der Waals surface area contributed by atoms with Crippen LogP contribution in [0.15, 0.2) is 24.4 Å². The van der Waals surface area contributed by atoms with Crippen LogP contribution in [0.2, 0.25) is 0 Å². The Hall–Kier alpha value is -1.97. The molecule has 2 heterocycles. The van der Waals surface area contributed by atoms with E-state index in [2.05, 4.69) is 36.1 Å². The van der Waals surface area contributed by atoms with Crippen LogP contribution in [-0.4, -0.2) is 21.5 Å². The Morgan fingerprint density at radius 2 is 2.00 bits per heavy atom. The van der Waals surface area contributed by atoms with Crippen LogP contribution in [0.3, 0.4) is 0 Å². The third kappa shape index (κ3) is 3.53. The van der Waals surface area contributed by atoms with Gasteiger partial charge in [-0.1, -0.05) is 13.0 Å². The van der Waals surface area contributed by atoms with Gasteiger partial charge in [0.1, 0.15) is 11.6 Å². The number of nitrogens with zero attached hydrogens (tertiary/aromatic N) is 3. The zero-order chi connectivity index (χ0) is 14.4. The zero-order valence-electron chi connectivity index (χ0n) is 12.5. The summed E-state index contributed by atoms with van der Waals surface area (Å²) in [5, 5.41) is 3.33. The van der Waals surface area contributed by atoms with Crippen LogP contribution in [0.5, 0.6) is 0 Å². The van der Waals surface area contributed by atoms with Gasteiger partial charge < -0.3 is 5.32 Å². The second-order valence-corrected chi connectivity index (χ2v) is 4.84. The standard InChI is InChI=1S/C16H22N4/c1-4-8-15-19-14(11-13-9-6-7-10-18-13)12(3)16(20-15)17-5-2/h6-7,9-10H,4-5,8,11H2,1-3H3,(H,17,19,20). The molecule has 2 rings (SSSR count). The van der Waals surface area contributed by atoms with Crippen molar-refractivity contribution in [2.75, 3.05) is 11.9 Å². The van der Waals surface area contributed by atoms with Crippen molar-refractivity contribution in [3.63, 3.8) is 0 Å². The van der Waals surface area contributed by atoms with E-state index in [1.54, 1.807) is 0 Å². The van der Waals surface area contributed by atoms with Gasteiger partial charge >= 0.3 is 0 Å². The van der Waals surface area contributed by atoms with Crippen molar-refractivity contribution < 1.29 is 0 Å². The summed E-state index contributed by atoms with van der Waals surface area (Å²) in [7, 11) is 0. The van der Waals surface area contributed by atoms with Crippen LogP contribution >= 0.6 is 0 Å². The van der Waals surface area contributed by atoms with Crippen LogP contribution in [0.25, 0.3) is 0 Å². The summed E-state index contributed by atoms with van der Waals surface area (Å²) in [6.07, 6.45) is 4.54. The molecule has 0 radical (unpaired) electrons. The summed E-state index contributed by atoms with van der Waals surface area (Å²) < 4.78 is 0. The summed E-state index contributed by atoms with van der Waals surface area (Å²) >= 11 is 0.